The monoisotopic (exact) mass is 385 g/mol. The number of nitrogens with zero attached hydrogens (tertiary/aromatic N) is 2. The lowest BCUT2D eigenvalue weighted by molar-refractivity contribution is -0.137. The fraction of sp³-hybridized carbons (Fsp3) is 0.579. The Hall–Kier alpha value is -2.09. The molecular weight excluding hydrogens is 359 g/mol. The molecule has 0 spiro atoms. The maximum atomic E-state index is 12.6. The van der Waals surface area contributed by atoms with Gasteiger partial charge >= 0.3 is 6.18 Å². The molecular formula is C19H26F3N3O2. The molecule has 1 aliphatic heterocycles. The highest BCUT2D eigenvalue weighted by Crippen LogP contribution is 2.29. The fourth-order valence-electron chi connectivity index (χ4n) is 2.94. The van der Waals surface area contributed by atoms with Crippen molar-refractivity contribution in [1.82, 2.24) is 15.1 Å². The number of benzene rings is 1. The van der Waals surface area contributed by atoms with Gasteiger partial charge in [0, 0.05) is 37.3 Å². The van der Waals surface area contributed by atoms with E-state index in [9.17, 15) is 22.8 Å². The fourth-order valence-corrected chi connectivity index (χ4v) is 2.94. The molecule has 1 atom stereocenters. The Morgan fingerprint density at radius 1 is 1.00 bits per heavy atom. The quantitative estimate of drug-likeness (QED) is 0.871. The molecule has 150 valence electrons. The Labute approximate surface area is 157 Å². The van der Waals surface area contributed by atoms with Gasteiger partial charge in [-0.15, -0.1) is 0 Å². The van der Waals surface area contributed by atoms with Gasteiger partial charge in [-0.1, -0.05) is 0 Å². The Balaban J connectivity index is 1.93. The summed E-state index contributed by atoms with van der Waals surface area (Å²) in [5, 5.41) is 2.94. The highest BCUT2D eigenvalue weighted by atomic mass is 19.4. The predicted molar refractivity (Wildman–Crippen MR) is 96.3 cm³/mol. The van der Waals surface area contributed by atoms with Crippen molar-refractivity contribution in [2.45, 2.75) is 45.5 Å². The number of carbonyl (C=O) groups is 2. The maximum Gasteiger partial charge on any atom is 0.416 e. The van der Waals surface area contributed by atoms with Crippen molar-refractivity contribution < 1.29 is 22.8 Å². The maximum absolute atomic E-state index is 12.6. The number of rotatable bonds is 3. The van der Waals surface area contributed by atoms with Gasteiger partial charge in [-0.05, 0) is 52.0 Å². The van der Waals surface area contributed by atoms with Gasteiger partial charge in [0.2, 0.25) is 5.91 Å². The highest BCUT2D eigenvalue weighted by Gasteiger charge is 2.32. The summed E-state index contributed by atoms with van der Waals surface area (Å²) in [7, 11) is 0. The van der Waals surface area contributed by atoms with Gasteiger partial charge in [-0.25, -0.2) is 0 Å². The van der Waals surface area contributed by atoms with Crippen molar-refractivity contribution in [1.29, 1.82) is 0 Å². The first-order valence-corrected chi connectivity index (χ1v) is 8.91. The van der Waals surface area contributed by atoms with Gasteiger partial charge < -0.3 is 10.2 Å². The lowest BCUT2D eigenvalue weighted by Gasteiger charge is -2.38. The molecule has 2 rings (SSSR count). The molecule has 5 nitrogen and oxygen atoms in total. The highest BCUT2D eigenvalue weighted by molar-refractivity contribution is 5.94. The number of carbonyl (C=O) groups excluding carboxylic acids is 2. The normalized spacial score (nSPS) is 17.5. The Morgan fingerprint density at radius 2 is 1.52 bits per heavy atom. The van der Waals surface area contributed by atoms with E-state index >= 15 is 0 Å². The van der Waals surface area contributed by atoms with E-state index in [4.69, 9.17) is 0 Å². The second-order valence-corrected chi connectivity index (χ2v) is 7.82. The zero-order valence-corrected chi connectivity index (χ0v) is 16.1. The smallest absolute Gasteiger partial charge is 0.350 e. The third kappa shape index (κ3) is 5.69. The molecule has 0 bridgehead atoms. The van der Waals surface area contributed by atoms with Crippen LogP contribution in [0.1, 0.15) is 43.6 Å². The lowest BCUT2D eigenvalue weighted by atomic mass is 10.1. The summed E-state index contributed by atoms with van der Waals surface area (Å²) in [5.74, 6) is -0.361. The summed E-state index contributed by atoms with van der Waals surface area (Å²) < 4.78 is 37.9. The van der Waals surface area contributed by atoms with Crippen LogP contribution in [0.4, 0.5) is 13.2 Å². The molecule has 0 aromatic heterocycles. The molecule has 1 fully saturated rings. The molecule has 1 aliphatic rings. The van der Waals surface area contributed by atoms with E-state index in [1.165, 1.54) is 12.1 Å². The SMILES string of the molecule is CC(C(=O)NC(C)(C)C)N1CCN(C(=O)c2ccc(C(F)(F)F)cc2)CC1. The van der Waals surface area contributed by atoms with Crippen LogP contribution in [-0.4, -0.2) is 59.4 Å². The molecule has 8 heteroatoms. The molecule has 1 aromatic rings. The van der Waals surface area contributed by atoms with Crippen LogP contribution in [0.25, 0.3) is 0 Å². The number of hydrogen-bond donors (Lipinski definition) is 1. The summed E-state index contributed by atoms with van der Waals surface area (Å²) >= 11 is 0. The minimum absolute atomic E-state index is 0.0648. The number of alkyl halides is 3. The van der Waals surface area contributed by atoms with Crippen molar-refractivity contribution >= 4 is 11.8 Å². The second-order valence-electron chi connectivity index (χ2n) is 7.82. The summed E-state index contributed by atoms with van der Waals surface area (Å²) in [6, 6.07) is 3.94. The first-order valence-electron chi connectivity index (χ1n) is 8.91. The molecule has 0 saturated carbocycles. The van der Waals surface area contributed by atoms with Gasteiger partial charge in [0.1, 0.15) is 0 Å². The molecule has 0 aliphatic carbocycles. The zero-order chi connectivity index (χ0) is 20.4. The van der Waals surface area contributed by atoms with Gasteiger partial charge in [-0.3, -0.25) is 14.5 Å². The minimum atomic E-state index is -4.42. The summed E-state index contributed by atoms with van der Waals surface area (Å²) in [6.07, 6.45) is -4.42. The van der Waals surface area contributed by atoms with Crippen LogP contribution in [0.2, 0.25) is 0 Å². The van der Waals surface area contributed by atoms with Gasteiger partial charge in [-0.2, -0.15) is 13.2 Å². The minimum Gasteiger partial charge on any atom is -0.350 e. The summed E-state index contributed by atoms with van der Waals surface area (Å²) in [6.45, 7) is 9.49. The molecule has 1 N–H and O–H groups in total. The molecule has 1 aromatic carbocycles. The van der Waals surface area contributed by atoms with E-state index in [1.54, 1.807) is 4.90 Å². The predicted octanol–water partition coefficient (Wildman–Crippen LogP) is 2.77. The third-order valence-electron chi connectivity index (χ3n) is 4.49. The molecule has 1 saturated heterocycles. The van der Waals surface area contributed by atoms with Crippen molar-refractivity contribution in [2.24, 2.45) is 0 Å². The summed E-state index contributed by atoms with van der Waals surface area (Å²) in [4.78, 5) is 28.4. The van der Waals surface area contributed by atoms with Crippen molar-refractivity contribution in [2.75, 3.05) is 26.2 Å². The first kappa shape index (κ1) is 21.2. The van der Waals surface area contributed by atoms with E-state index in [0.29, 0.717) is 26.2 Å². The van der Waals surface area contributed by atoms with Gasteiger partial charge in [0.15, 0.2) is 0 Å². The average molecular weight is 385 g/mol. The standard InChI is InChI=1S/C19H26F3N3O2/c1-13(16(26)23-18(2,3)4)24-9-11-25(12-10-24)17(27)14-5-7-15(8-6-14)19(20,21)22/h5-8,13H,9-12H2,1-4H3,(H,23,26). The Bertz CT molecular complexity index is 673. The first-order chi connectivity index (χ1) is 12.4. The molecule has 2 amide bonds. The molecule has 1 unspecified atom stereocenters. The number of nitrogens with one attached hydrogen (secondary N) is 1. The van der Waals surface area contributed by atoms with Crippen molar-refractivity contribution in [3.8, 4) is 0 Å². The van der Waals surface area contributed by atoms with E-state index in [0.717, 1.165) is 12.1 Å². The Morgan fingerprint density at radius 3 is 1.96 bits per heavy atom. The van der Waals surface area contributed by atoms with Crippen LogP contribution in [-0.2, 0) is 11.0 Å². The lowest BCUT2D eigenvalue weighted by Crippen LogP contribution is -2.56. The van der Waals surface area contributed by atoms with Crippen LogP contribution in [0, 0.1) is 0 Å². The average Bonchev–Trinajstić information content (AvgIpc) is 2.58. The van der Waals surface area contributed by atoms with Crippen LogP contribution in [0.15, 0.2) is 24.3 Å². The van der Waals surface area contributed by atoms with E-state index in [2.05, 4.69) is 5.32 Å². The topological polar surface area (TPSA) is 52.7 Å². The zero-order valence-electron chi connectivity index (χ0n) is 16.1. The van der Waals surface area contributed by atoms with E-state index < -0.39 is 11.7 Å². The van der Waals surface area contributed by atoms with E-state index in [1.807, 2.05) is 32.6 Å². The molecule has 1 heterocycles. The molecule has 27 heavy (non-hydrogen) atoms. The van der Waals surface area contributed by atoms with Crippen LogP contribution >= 0.6 is 0 Å². The van der Waals surface area contributed by atoms with Crippen LogP contribution < -0.4 is 5.32 Å². The summed E-state index contributed by atoms with van der Waals surface area (Å²) in [5.41, 5.74) is -0.858. The van der Waals surface area contributed by atoms with Crippen molar-refractivity contribution in [3.63, 3.8) is 0 Å². The van der Waals surface area contributed by atoms with Crippen molar-refractivity contribution in [3.05, 3.63) is 35.4 Å². The van der Waals surface area contributed by atoms with E-state index in [-0.39, 0.29) is 29.0 Å². The number of piperazine rings is 1. The Kier molecular flexibility index (Phi) is 6.19. The number of halogens is 3. The second kappa shape index (κ2) is 7.88. The third-order valence-corrected chi connectivity index (χ3v) is 4.49. The number of hydrogen-bond acceptors (Lipinski definition) is 3. The van der Waals surface area contributed by atoms with Crippen LogP contribution in [0.3, 0.4) is 0 Å². The van der Waals surface area contributed by atoms with Gasteiger partial charge in [0.05, 0.1) is 11.6 Å². The van der Waals surface area contributed by atoms with Gasteiger partial charge in [0.25, 0.3) is 5.91 Å². The van der Waals surface area contributed by atoms with Crippen LogP contribution in [0.5, 0.6) is 0 Å². The number of amides is 2. The molecule has 0 radical (unpaired) electrons. The largest absolute Gasteiger partial charge is 0.416 e.